The molecule has 23 heavy (non-hydrogen) atoms. The number of hydrogen-bond acceptors (Lipinski definition) is 5. The van der Waals surface area contributed by atoms with Crippen molar-refractivity contribution in [2.45, 2.75) is 13.8 Å². The van der Waals surface area contributed by atoms with E-state index in [0.29, 0.717) is 24.7 Å². The van der Waals surface area contributed by atoms with Crippen molar-refractivity contribution in [2.75, 3.05) is 20.3 Å². The second-order valence-corrected chi connectivity index (χ2v) is 5.18. The molecule has 0 heterocycles. The van der Waals surface area contributed by atoms with Crippen LogP contribution in [0.3, 0.4) is 0 Å². The van der Waals surface area contributed by atoms with E-state index in [0.717, 1.165) is 11.3 Å². The van der Waals surface area contributed by atoms with E-state index in [1.165, 1.54) is 17.3 Å². The monoisotopic (exact) mass is 315 g/mol. The van der Waals surface area contributed by atoms with Gasteiger partial charge in [0.15, 0.2) is 11.5 Å². The molecule has 0 radical (unpaired) electrons. The van der Waals surface area contributed by atoms with Crippen molar-refractivity contribution in [1.82, 2.24) is 0 Å². The molecular weight excluding hydrogens is 294 g/mol. The summed E-state index contributed by atoms with van der Waals surface area (Å²) in [7, 11) is 1.56. The average molecular weight is 315 g/mol. The molecule has 0 bridgehead atoms. The number of oxime groups is 1. The molecule has 0 aliphatic carbocycles. The van der Waals surface area contributed by atoms with Gasteiger partial charge in [-0.3, -0.25) is 0 Å². The molecule has 0 saturated heterocycles. The Morgan fingerprint density at radius 1 is 0.957 bits per heavy atom. The lowest BCUT2D eigenvalue weighted by Gasteiger charge is -2.12. The van der Waals surface area contributed by atoms with Gasteiger partial charge in [-0.15, -0.1) is 0 Å². The summed E-state index contributed by atoms with van der Waals surface area (Å²) in [4.78, 5) is 0. The molecule has 0 aliphatic heterocycles. The fourth-order valence-corrected chi connectivity index (χ4v) is 2.28. The minimum Gasteiger partial charge on any atom is -0.493 e. The molecule has 2 aromatic rings. The van der Waals surface area contributed by atoms with E-state index in [9.17, 15) is 0 Å². The molecule has 0 atom stereocenters. The van der Waals surface area contributed by atoms with E-state index in [1.54, 1.807) is 25.3 Å². The topological polar surface area (TPSA) is 60.3 Å². The number of methoxy groups -OCH3 is 1. The molecule has 1 N–H and O–H groups in total. The van der Waals surface area contributed by atoms with Gasteiger partial charge in [0, 0.05) is 5.56 Å². The van der Waals surface area contributed by atoms with E-state index in [2.05, 4.69) is 11.2 Å². The van der Waals surface area contributed by atoms with Gasteiger partial charge in [0.1, 0.15) is 19.0 Å². The Bertz CT molecular complexity index is 662. The average Bonchev–Trinajstić information content (AvgIpc) is 2.52. The number of nitrogens with zero attached hydrogens (tertiary/aromatic N) is 1. The van der Waals surface area contributed by atoms with Crippen LogP contribution in [-0.4, -0.2) is 31.7 Å². The van der Waals surface area contributed by atoms with Crippen molar-refractivity contribution in [3.63, 3.8) is 0 Å². The van der Waals surface area contributed by atoms with E-state index in [1.807, 2.05) is 26.0 Å². The second kappa shape index (κ2) is 8.08. The Morgan fingerprint density at radius 2 is 1.65 bits per heavy atom. The molecule has 5 nitrogen and oxygen atoms in total. The normalized spacial score (nSPS) is 10.7. The van der Waals surface area contributed by atoms with Gasteiger partial charge >= 0.3 is 0 Å². The molecule has 2 aromatic carbocycles. The molecular formula is C18H21NO4. The van der Waals surface area contributed by atoms with Gasteiger partial charge in [0.25, 0.3) is 0 Å². The highest BCUT2D eigenvalue weighted by atomic mass is 16.5. The number of hydrogen-bond donors (Lipinski definition) is 1. The van der Waals surface area contributed by atoms with Crippen molar-refractivity contribution in [1.29, 1.82) is 0 Å². The fraction of sp³-hybridized carbons (Fsp3) is 0.278. The molecule has 0 unspecified atom stereocenters. The van der Waals surface area contributed by atoms with Crippen LogP contribution in [-0.2, 0) is 0 Å². The lowest BCUT2D eigenvalue weighted by atomic mass is 10.1. The molecule has 2 rings (SSSR count). The standard InChI is InChI=1S/C18H21NO4/c1-13-8-14(2)10-16(9-13)22-6-7-23-17-5-4-15(12-19-20)11-18(17)21-3/h4-5,8-12,20H,6-7H2,1-3H3. The maximum absolute atomic E-state index is 8.55. The number of rotatable bonds is 7. The fourth-order valence-electron chi connectivity index (χ4n) is 2.28. The Kier molecular flexibility index (Phi) is 5.86. The first-order valence-corrected chi connectivity index (χ1v) is 7.31. The number of aryl methyl sites for hydroxylation is 2. The first kappa shape index (κ1) is 16.7. The van der Waals surface area contributed by atoms with Crippen LogP contribution >= 0.6 is 0 Å². The van der Waals surface area contributed by atoms with E-state index in [4.69, 9.17) is 19.4 Å². The summed E-state index contributed by atoms with van der Waals surface area (Å²) in [5.41, 5.74) is 3.07. The number of benzene rings is 2. The van der Waals surface area contributed by atoms with E-state index < -0.39 is 0 Å². The molecule has 0 spiro atoms. The van der Waals surface area contributed by atoms with Gasteiger partial charge in [-0.25, -0.2) is 0 Å². The Balaban J connectivity index is 1.90. The summed E-state index contributed by atoms with van der Waals surface area (Å²) in [5.74, 6) is 2.04. The van der Waals surface area contributed by atoms with Crippen molar-refractivity contribution in [3.05, 3.63) is 53.1 Å². The first-order valence-electron chi connectivity index (χ1n) is 7.31. The van der Waals surface area contributed by atoms with Crippen LogP contribution in [0.15, 0.2) is 41.6 Å². The predicted molar refractivity (Wildman–Crippen MR) is 89.3 cm³/mol. The van der Waals surface area contributed by atoms with Crippen molar-refractivity contribution >= 4 is 6.21 Å². The van der Waals surface area contributed by atoms with Gasteiger partial charge in [-0.1, -0.05) is 11.2 Å². The molecule has 0 saturated carbocycles. The second-order valence-electron chi connectivity index (χ2n) is 5.18. The summed E-state index contributed by atoms with van der Waals surface area (Å²) in [6.07, 6.45) is 1.33. The van der Waals surface area contributed by atoms with Crippen LogP contribution in [0.25, 0.3) is 0 Å². The summed E-state index contributed by atoms with van der Waals surface area (Å²) in [5, 5.41) is 11.5. The Morgan fingerprint density at radius 3 is 2.30 bits per heavy atom. The van der Waals surface area contributed by atoms with E-state index >= 15 is 0 Å². The summed E-state index contributed by atoms with van der Waals surface area (Å²) in [6.45, 7) is 4.92. The quantitative estimate of drug-likeness (QED) is 0.367. The third kappa shape index (κ3) is 4.92. The lowest BCUT2D eigenvalue weighted by Crippen LogP contribution is -2.09. The summed E-state index contributed by atoms with van der Waals surface area (Å²) < 4.78 is 16.7. The SMILES string of the molecule is COc1cc(C=NO)ccc1OCCOc1cc(C)cc(C)c1. The third-order valence-corrected chi connectivity index (χ3v) is 3.20. The molecule has 0 aliphatic rings. The Hall–Kier alpha value is -2.69. The number of ether oxygens (including phenoxy) is 3. The van der Waals surface area contributed by atoms with Crippen molar-refractivity contribution < 1.29 is 19.4 Å². The third-order valence-electron chi connectivity index (χ3n) is 3.20. The lowest BCUT2D eigenvalue weighted by molar-refractivity contribution is 0.211. The van der Waals surface area contributed by atoms with Crippen molar-refractivity contribution in [3.8, 4) is 17.2 Å². The van der Waals surface area contributed by atoms with Crippen LogP contribution in [0.4, 0.5) is 0 Å². The molecule has 122 valence electrons. The van der Waals surface area contributed by atoms with Gasteiger partial charge in [0.05, 0.1) is 13.3 Å². The van der Waals surface area contributed by atoms with Crippen LogP contribution in [0.1, 0.15) is 16.7 Å². The maximum atomic E-state index is 8.55. The minimum absolute atomic E-state index is 0.400. The van der Waals surface area contributed by atoms with Crippen LogP contribution in [0.5, 0.6) is 17.2 Å². The summed E-state index contributed by atoms with van der Waals surface area (Å²) in [6, 6.07) is 11.4. The highest BCUT2D eigenvalue weighted by molar-refractivity contribution is 5.80. The highest BCUT2D eigenvalue weighted by Crippen LogP contribution is 2.27. The zero-order valence-electron chi connectivity index (χ0n) is 13.6. The van der Waals surface area contributed by atoms with Crippen molar-refractivity contribution in [2.24, 2.45) is 5.16 Å². The molecule has 0 aromatic heterocycles. The van der Waals surface area contributed by atoms with Crippen LogP contribution in [0, 0.1) is 13.8 Å². The largest absolute Gasteiger partial charge is 0.493 e. The Labute approximate surface area is 136 Å². The van der Waals surface area contributed by atoms with Gasteiger partial charge < -0.3 is 19.4 Å². The van der Waals surface area contributed by atoms with E-state index in [-0.39, 0.29) is 0 Å². The smallest absolute Gasteiger partial charge is 0.161 e. The first-order chi connectivity index (χ1) is 11.1. The van der Waals surface area contributed by atoms with Gasteiger partial charge in [0.2, 0.25) is 0 Å². The zero-order valence-corrected chi connectivity index (χ0v) is 13.6. The zero-order chi connectivity index (χ0) is 16.7. The van der Waals surface area contributed by atoms with Gasteiger partial charge in [-0.2, -0.15) is 0 Å². The molecule has 0 fully saturated rings. The maximum Gasteiger partial charge on any atom is 0.161 e. The highest BCUT2D eigenvalue weighted by Gasteiger charge is 2.05. The van der Waals surface area contributed by atoms with Gasteiger partial charge in [-0.05, 0) is 55.3 Å². The minimum atomic E-state index is 0.400. The predicted octanol–water partition coefficient (Wildman–Crippen LogP) is 3.58. The van der Waals surface area contributed by atoms with Crippen LogP contribution in [0.2, 0.25) is 0 Å². The molecule has 0 amide bonds. The molecule has 5 heteroatoms. The summed E-state index contributed by atoms with van der Waals surface area (Å²) >= 11 is 0. The van der Waals surface area contributed by atoms with Crippen LogP contribution < -0.4 is 14.2 Å².